The molecule has 0 saturated carbocycles. The summed E-state index contributed by atoms with van der Waals surface area (Å²) < 4.78 is 11.2. The predicted molar refractivity (Wildman–Crippen MR) is 68.4 cm³/mol. The molecular weight excluding hydrogens is 232 g/mol. The van der Waals surface area contributed by atoms with Gasteiger partial charge in [0.2, 0.25) is 5.91 Å². The summed E-state index contributed by atoms with van der Waals surface area (Å²) in [6.45, 7) is 5.57. The molecule has 0 aromatic carbocycles. The van der Waals surface area contributed by atoms with Gasteiger partial charge in [-0.05, 0) is 45.7 Å². The van der Waals surface area contributed by atoms with E-state index in [2.05, 4.69) is 10.6 Å². The van der Waals surface area contributed by atoms with E-state index in [1.807, 2.05) is 6.92 Å². The average molecular weight is 256 g/mol. The van der Waals surface area contributed by atoms with Crippen LogP contribution in [-0.2, 0) is 14.3 Å². The molecule has 2 saturated heterocycles. The molecule has 0 aliphatic carbocycles. The summed E-state index contributed by atoms with van der Waals surface area (Å²) in [5.41, 5.74) is -0.176. The molecule has 2 fully saturated rings. The summed E-state index contributed by atoms with van der Waals surface area (Å²) in [6.07, 6.45) is 4.32. The SMILES string of the molecule is CC1(CNC(=O)COC2CCNCC2)CCCO1. The Bertz CT molecular complexity index is 271. The summed E-state index contributed by atoms with van der Waals surface area (Å²) in [4.78, 5) is 11.7. The highest BCUT2D eigenvalue weighted by Gasteiger charge is 2.30. The smallest absolute Gasteiger partial charge is 0.246 e. The maximum Gasteiger partial charge on any atom is 0.246 e. The highest BCUT2D eigenvalue weighted by Crippen LogP contribution is 2.23. The second-order valence-corrected chi connectivity index (χ2v) is 5.44. The number of hydrogen-bond donors (Lipinski definition) is 2. The summed E-state index contributed by atoms with van der Waals surface area (Å²) >= 11 is 0. The monoisotopic (exact) mass is 256 g/mol. The molecule has 1 atom stereocenters. The Morgan fingerprint density at radius 2 is 2.28 bits per heavy atom. The van der Waals surface area contributed by atoms with Gasteiger partial charge in [-0.1, -0.05) is 0 Å². The van der Waals surface area contributed by atoms with Crippen LogP contribution in [0, 0.1) is 0 Å². The number of nitrogens with one attached hydrogen (secondary N) is 2. The predicted octanol–water partition coefficient (Wildman–Crippen LogP) is 0.440. The quantitative estimate of drug-likeness (QED) is 0.749. The van der Waals surface area contributed by atoms with Crippen molar-refractivity contribution in [1.82, 2.24) is 10.6 Å². The van der Waals surface area contributed by atoms with Crippen molar-refractivity contribution in [2.45, 2.75) is 44.3 Å². The Morgan fingerprint density at radius 3 is 2.94 bits per heavy atom. The van der Waals surface area contributed by atoms with Crippen LogP contribution in [0.3, 0.4) is 0 Å². The second kappa shape index (κ2) is 6.50. The third kappa shape index (κ3) is 4.23. The van der Waals surface area contributed by atoms with Crippen LogP contribution >= 0.6 is 0 Å². The topological polar surface area (TPSA) is 59.6 Å². The maximum atomic E-state index is 11.7. The van der Waals surface area contributed by atoms with E-state index in [1.165, 1.54) is 0 Å². The summed E-state index contributed by atoms with van der Waals surface area (Å²) in [7, 11) is 0. The van der Waals surface area contributed by atoms with Gasteiger partial charge in [0.1, 0.15) is 6.61 Å². The molecular formula is C13H24N2O3. The number of ether oxygens (including phenoxy) is 2. The van der Waals surface area contributed by atoms with Crippen molar-refractivity contribution in [3.8, 4) is 0 Å². The zero-order chi connectivity index (χ0) is 12.8. The van der Waals surface area contributed by atoms with Gasteiger partial charge in [-0.25, -0.2) is 0 Å². The molecule has 2 aliphatic rings. The van der Waals surface area contributed by atoms with Gasteiger partial charge in [0.25, 0.3) is 0 Å². The largest absolute Gasteiger partial charge is 0.373 e. The molecule has 0 aromatic rings. The fourth-order valence-corrected chi connectivity index (χ4v) is 2.47. The normalized spacial score (nSPS) is 29.4. The Balaban J connectivity index is 1.59. The minimum atomic E-state index is -0.176. The zero-order valence-electron chi connectivity index (χ0n) is 11.2. The highest BCUT2D eigenvalue weighted by atomic mass is 16.5. The van der Waals surface area contributed by atoms with Crippen molar-refractivity contribution in [2.75, 3.05) is 32.8 Å². The maximum absolute atomic E-state index is 11.7. The van der Waals surface area contributed by atoms with Crippen LogP contribution in [-0.4, -0.2) is 50.5 Å². The van der Waals surface area contributed by atoms with Crippen LogP contribution in [0.2, 0.25) is 0 Å². The third-order valence-corrected chi connectivity index (χ3v) is 3.70. The third-order valence-electron chi connectivity index (χ3n) is 3.70. The fourth-order valence-electron chi connectivity index (χ4n) is 2.47. The zero-order valence-corrected chi connectivity index (χ0v) is 11.2. The van der Waals surface area contributed by atoms with E-state index in [0.717, 1.165) is 45.4 Å². The standard InChI is InChI=1S/C13H24N2O3/c1-13(5-2-8-18-13)10-15-12(16)9-17-11-3-6-14-7-4-11/h11,14H,2-10H2,1H3,(H,15,16). The number of amides is 1. The van der Waals surface area contributed by atoms with E-state index in [4.69, 9.17) is 9.47 Å². The van der Waals surface area contributed by atoms with E-state index < -0.39 is 0 Å². The molecule has 0 aromatic heterocycles. The van der Waals surface area contributed by atoms with Gasteiger partial charge in [-0.3, -0.25) is 4.79 Å². The van der Waals surface area contributed by atoms with Gasteiger partial charge in [0.05, 0.1) is 11.7 Å². The van der Waals surface area contributed by atoms with Crippen molar-refractivity contribution < 1.29 is 14.3 Å². The molecule has 0 radical (unpaired) electrons. The molecule has 18 heavy (non-hydrogen) atoms. The number of carbonyl (C=O) groups excluding carboxylic acids is 1. The fraction of sp³-hybridized carbons (Fsp3) is 0.923. The number of piperidine rings is 1. The van der Waals surface area contributed by atoms with Crippen molar-refractivity contribution in [2.24, 2.45) is 0 Å². The van der Waals surface area contributed by atoms with E-state index in [1.54, 1.807) is 0 Å². The first-order chi connectivity index (χ1) is 8.68. The molecule has 1 unspecified atom stereocenters. The summed E-state index contributed by atoms with van der Waals surface area (Å²) in [5, 5.41) is 6.17. The molecule has 2 heterocycles. The van der Waals surface area contributed by atoms with Crippen LogP contribution in [0.1, 0.15) is 32.6 Å². The Labute approximate surface area is 109 Å². The van der Waals surface area contributed by atoms with Crippen molar-refractivity contribution in [3.05, 3.63) is 0 Å². The van der Waals surface area contributed by atoms with Crippen LogP contribution in [0.25, 0.3) is 0 Å². The van der Waals surface area contributed by atoms with E-state index in [0.29, 0.717) is 6.54 Å². The van der Waals surface area contributed by atoms with Gasteiger partial charge in [-0.2, -0.15) is 0 Å². The first kappa shape index (κ1) is 13.8. The Kier molecular flexibility index (Phi) is 4.97. The van der Waals surface area contributed by atoms with Gasteiger partial charge >= 0.3 is 0 Å². The van der Waals surface area contributed by atoms with E-state index in [-0.39, 0.29) is 24.2 Å². The lowest BCUT2D eigenvalue weighted by atomic mass is 10.0. The Hall–Kier alpha value is -0.650. The molecule has 5 nitrogen and oxygen atoms in total. The molecule has 0 bridgehead atoms. The van der Waals surface area contributed by atoms with Crippen LogP contribution in [0.5, 0.6) is 0 Å². The van der Waals surface area contributed by atoms with Crippen LogP contribution in [0.15, 0.2) is 0 Å². The molecule has 1 amide bonds. The number of hydrogen-bond acceptors (Lipinski definition) is 4. The molecule has 2 rings (SSSR count). The lowest BCUT2D eigenvalue weighted by molar-refractivity contribution is -0.129. The first-order valence-electron chi connectivity index (χ1n) is 6.91. The highest BCUT2D eigenvalue weighted by molar-refractivity contribution is 5.77. The molecule has 2 N–H and O–H groups in total. The number of rotatable bonds is 5. The second-order valence-electron chi connectivity index (χ2n) is 5.44. The average Bonchev–Trinajstić information content (AvgIpc) is 2.83. The van der Waals surface area contributed by atoms with Crippen LogP contribution < -0.4 is 10.6 Å². The van der Waals surface area contributed by atoms with Crippen LogP contribution in [0.4, 0.5) is 0 Å². The van der Waals surface area contributed by atoms with Gasteiger partial charge in [0.15, 0.2) is 0 Å². The van der Waals surface area contributed by atoms with Gasteiger partial charge in [0, 0.05) is 13.2 Å². The van der Waals surface area contributed by atoms with Crippen molar-refractivity contribution in [3.63, 3.8) is 0 Å². The van der Waals surface area contributed by atoms with Crippen molar-refractivity contribution >= 4 is 5.91 Å². The Morgan fingerprint density at radius 1 is 1.50 bits per heavy atom. The lowest BCUT2D eigenvalue weighted by Crippen LogP contribution is -2.42. The van der Waals surface area contributed by atoms with E-state index in [9.17, 15) is 4.79 Å². The molecule has 2 aliphatic heterocycles. The van der Waals surface area contributed by atoms with Crippen molar-refractivity contribution in [1.29, 1.82) is 0 Å². The van der Waals surface area contributed by atoms with E-state index >= 15 is 0 Å². The van der Waals surface area contributed by atoms with Gasteiger partial charge < -0.3 is 20.1 Å². The number of carbonyl (C=O) groups is 1. The summed E-state index contributed by atoms with van der Waals surface area (Å²) in [6, 6.07) is 0. The minimum absolute atomic E-state index is 0.0368. The lowest BCUT2D eigenvalue weighted by Gasteiger charge is -2.25. The molecule has 0 spiro atoms. The first-order valence-corrected chi connectivity index (χ1v) is 6.91. The molecule has 5 heteroatoms. The minimum Gasteiger partial charge on any atom is -0.373 e. The molecule has 104 valence electrons. The summed E-state index contributed by atoms with van der Waals surface area (Å²) in [5.74, 6) is -0.0368. The van der Waals surface area contributed by atoms with Gasteiger partial charge in [-0.15, -0.1) is 0 Å².